The van der Waals surface area contributed by atoms with Gasteiger partial charge in [-0.2, -0.15) is 13.2 Å². The fourth-order valence-corrected chi connectivity index (χ4v) is 4.58. The molecule has 0 aliphatic carbocycles. The standard InChI is InChI=1S/C29H27F3N6O2/c30-29(31,32)20-8-4-7-19(15-20)25-22(16-23(27(40)38-25)26(39)36-21-9-12-33-13-10-21)24-11-14-34-28(37-24)35-17-18-5-2-1-3-6-18/h1-8,11,14-16,21,33H,9-10,12-13,17H2,(H,36,39)(H,38,40)(H,34,35,37). The summed E-state index contributed by atoms with van der Waals surface area (Å²) in [4.78, 5) is 37.7. The lowest BCUT2D eigenvalue weighted by atomic mass is 9.99. The maximum absolute atomic E-state index is 13.5. The predicted octanol–water partition coefficient (Wildman–Crippen LogP) is 4.61. The zero-order chi connectivity index (χ0) is 28.1. The van der Waals surface area contributed by atoms with Gasteiger partial charge in [0, 0.05) is 24.3 Å². The molecule has 0 unspecified atom stereocenters. The molecular weight excluding hydrogens is 521 g/mol. The minimum atomic E-state index is -4.57. The second kappa shape index (κ2) is 11.7. The van der Waals surface area contributed by atoms with Crippen LogP contribution in [-0.4, -0.2) is 40.0 Å². The number of carbonyl (C=O) groups is 1. The largest absolute Gasteiger partial charge is 0.416 e. The summed E-state index contributed by atoms with van der Waals surface area (Å²) in [5.41, 5.74) is 0.136. The van der Waals surface area contributed by atoms with E-state index in [1.807, 2.05) is 30.3 Å². The maximum atomic E-state index is 13.5. The minimum absolute atomic E-state index is 0.0902. The molecule has 5 rings (SSSR count). The summed E-state index contributed by atoms with van der Waals surface area (Å²) < 4.78 is 40.5. The van der Waals surface area contributed by atoms with Gasteiger partial charge in [-0.3, -0.25) is 9.59 Å². The minimum Gasteiger partial charge on any atom is -0.350 e. The SMILES string of the molecule is O=C(NC1CCNCC1)c1cc(-c2ccnc(NCc3ccccc3)n2)c(-c2cccc(C(F)(F)F)c2)[nH]c1=O. The van der Waals surface area contributed by atoms with E-state index in [4.69, 9.17) is 0 Å². The first-order valence-electron chi connectivity index (χ1n) is 12.9. The third kappa shape index (κ3) is 6.37. The highest BCUT2D eigenvalue weighted by atomic mass is 19.4. The zero-order valence-electron chi connectivity index (χ0n) is 21.4. The maximum Gasteiger partial charge on any atom is 0.416 e. The lowest BCUT2D eigenvalue weighted by molar-refractivity contribution is -0.137. The van der Waals surface area contributed by atoms with E-state index in [1.54, 1.807) is 6.07 Å². The first-order chi connectivity index (χ1) is 19.3. The molecule has 2 aromatic carbocycles. The van der Waals surface area contributed by atoms with Crippen LogP contribution in [0.1, 0.15) is 34.3 Å². The van der Waals surface area contributed by atoms with Crippen molar-refractivity contribution in [2.75, 3.05) is 18.4 Å². The number of amides is 1. The molecule has 0 atom stereocenters. The van der Waals surface area contributed by atoms with Crippen LogP contribution in [0.3, 0.4) is 0 Å². The van der Waals surface area contributed by atoms with Crippen molar-refractivity contribution in [1.29, 1.82) is 0 Å². The molecule has 4 aromatic rings. The van der Waals surface area contributed by atoms with Crippen molar-refractivity contribution in [3.63, 3.8) is 0 Å². The molecule has 40 heavy (non-hydrogen) atoms. The molecule has 4 N–H and O–H groups in total. The number of pyridine rings is 1. The summed E-state index contributed by atoms with van der Waals surface area (Å²) in [5, 5.41) is 9.25. The smallest absolute Gasteiger partial charge is 0.350 e. The van der Waals surface area contributed by atoms with Gasteiger partial charge in [-0.15, -0.1) is 0 Å². The van der Waals surface area contributed by atoms with E-state index in [1.165, 1.54) is 24.4 Å². The second-order valence-corrected chi connectivity index (χ2v) is 9.48. The quantitative estimate of drug-likeness (QED) is 0.268. The van der Waals surface area contributed by atoms with Crippen molar-refractivity contribution < 1.29 is 18.0 Å². The highest BCUT2D eigenvalue weighted by Gasteiger charge is 2.31. The Hall–Kier alpha value is -4.51. The number of aromatic nitrogens is 3. The van der Waals surface area contributed by atoms with Crippen LogP contribution >= 0.6 is 0 Å². The van der Waals surface area contributed by atoms with Gasteiger partial charge >= 0.3 is 6.18 Å². The van der Waals surface area contributed by atoms with Crippen LogP contribution < -0.4 is 21.5 Å². The van der Waals surface area contributed by atoms with Gasteiger partial charge in [0.25, 0.3) is 11.5 Å². The molecule has 0 bridgehead atoms. The fourth-order valence-electron chi connectivity index (χ4n) is 4.58. The van der Waals surface area contributed by atoms with Crippen LogP contribution in [0.5, 0.6) is 0 Å². The van der Waals surface area contributed by atoms with E-state index >= 15 is 0 Å². The first-order valence-corrected chi connectivity index (χ1v) is 12.9. The molecule has 3 heterocycles. The van der Waals surface area contributed by atoms with Gasteiger partial charge in [-0.1, -0.05) is 42.5 Å². The molecule has 1 fully saturated rings. The summed E-state index contributed by atoms with van der Waals surface area (Å²) in [6.07, 6.45) is -1.62. The summed E-state index contributed by atoms with van der Waals surface area (Å²) in [6, 6.07) is 17.1. The number of carbonyl (C=O) groups excluding carboxylic acids is 1. The summed E-state index contributed by atoms with van der Waals surface area (Å²) in [7, 11) is 0. The first kappa shape index (κ1) is 27.1. The average molecular weight is 549 g/mol. The third-order valence-corrected chi connectivity index (χ3v) is 6.66. The molecule has 2 aromatic heterocycles. The number of halogens is 3. The predicted molar refractivity (Wildman–Crippen MR) is 146 cm³/mol. The van der Waals surface area contributed by atoms with Crippen molar-refractivity contribution in [3.05, 3.63) is 100.0 Å². The summed E-state index contributed by atoms with van der Waals surface area (Å²) in [5.74, 6) is -0.273. The van der Waals surface area contributed by atoms with E-state index in [9.17, 15) is 22.8 Å². The lowest BCUT2D eigenvalue weighted by Crippen LogP contribution is -2.44. The van der Waals surface area contributed by atoms with E-state index in [0.29, 0.717) is 17.8 Å². The average Bonchev–Trinajstić information content (AvgIpc) is 2.97. The molecule has 1 amide bonds. The number of H-pyrrole nitrogens is 1. The molecule has 1 aliphatic rings. The number of benzene rings is 2. The molecule has 8 nitrogen and oxygen atoms in total. The molecule has 1 aliphatic heterocycles. The third-order valence-electron chi connectivity index (χ3n) is 6.66. The number of rotatable bonds is 7. The Kier molecular flexibility index (Phi) is 7.92. The Morgan fingerprint density at radius 1 is 1.00 bits per heavy atom. The van der Waals surface area contributed by atoms with Crippen LogP contribution in [-0.2, 0) is 12.7 Å². The fraction of sp³-hybridized carbons (Fsp3) is 0.241. The number of alkyl halides is 3. The van der Waals surface area contributed by atoms with Gasteiger partial charge < -0.3 is 20.9 Å². The van der Waals surface area contributed by atoms with Gasteiger partial charge in [0.15, 0.2) is 0 Å². The van der Waals surface area contributed by atoms with Crippen molar-refractivity contribution in [2.45, 2.75) is 31.6 Å². The molecule has 0 saturated carbocycles. The van der Waals surface area contributed by atoms with Crippen molar-refractivity contribution >= 4 is 11.9 Å². The monoisotopic (exact) mass is 548 g/mol. The van der Waals surface area contributed by atoms with Crippen LogP contribution in [0, 0.1) is 0 Å². The molecule has 11 heteroatoms. The van der Waals surface area contributed by atoms with E-state index in [0.717, 1.165) is 43.6 Å². The van der Waals surface area contributed by atoms with Crippen LogP contribution in [0.2, 0.25) is 0 Å². The Morgan fingerprint density at radius 2 is 1.77 bits per heavy atom. The Labute approximate surface area is 228 Å². The van der Waals surface area contributed by atoms with Crippen molar-refractivity contribution in [3.8, 4) is 22.5 Å². The van der Waals surface area contributed by atoms with E-state index in [2.05, 4.69) is 30.9 Å². The number of piperidine rings is 1. The Morgan fingerprint density at radius 3 is 2.52 bits per heavy atom. The highest BCUT2D eigenvalue weighted by Crippen LogP contribution is 2.34. The molecule has 0 spiro atoms. The number of hydrogen-bond donors (Lipinski definition) is 4. The Balaban J connectivity index is 1.55. The summed E-state index contributed by atoms with van der Waals surface area (Å²) in [6.45, 7) is 1.95. The molecule has 206 valence electrons. The van der Waals surface area contributed by atoms with E-state index < -0.39 is 23.2 Å². The zero-order valence-corrected chi connectivity index (χ0v) is 21.4. The van der Waals surface area contributed by atoms with Gasteiger partial charge in [-0.25, -0.2) is 9.97 Å². The van der Waals surface area contributed by atoms with Gasteiger partial charge in [0.1, 0.15) is 5.56 Å². The highest BCUT2D eigenvalue weighted by molar-refractivity contribution is 5.96. The van der Waals surface area contributed by atoms with Gasteiger partial charge in [0.05, 0.1) is 17.0 Å². The van der Waals surface area contributed by atoms with Gasteiger partial charge in [-0.05, 0) is 61.3 Å². The van der Waals surface area contributed by atoms with E-state index in [-0.39, 0.29) is 28.8 Å². The summed E-state index contributed by atoms with van der Waals surface area (Å²) >= 11 is 0. The molecule has 1 saturated heterocycles. The van der Waals surface area contributed by atoms with Crippen molar-refractivity contribution in [2.24, 2.45) is 0 Å². The topological polar surface area (TPSA) is 112 Å². The van der Waals surface area contributed by atoms with Crippen LogP contribution in [0.4, 0.5) is 19.1 Å². The van der Waals surface area contributed by atoms with Gasteiger partial charge in [0.2, 0.25) is 5.95 Å². The molecular formula is C29H27F3N6O2. The number of aromatic amines is 1. The number of nitrogens with zero attached hydrogens (tertiary/aromatic N) is 2. The number of hydrogen-bond acceptors (Lipinski definition) is 6. The van der Waals surface area contributed by atoms with Crippen LogP contribution in [0.25, 0.3) is 22.5 Å². The Bertz CT molecular complexity index is 1550. The van der Waals surface area contributed by atoms with Crippen LogP contribution in [0.15, 0.2) is 77.7 Å². The normalized spacial score (nSPS) is 14.1. The lowest BCUT2D eigenvalue weighted by Gasteiger charge is -2.23. The number of anilines is 1. The second-order valence-electron chi connectivity index (χ2n) is 9.48. The molecule has 0 radical (unpaired) electrons. The van der Waals surface area contributed by atoms with Crippen molar-refractivity contribution in [1.82, 2.24) is 25.6 Å². The number of nitrogens with one attached hydrogen (secondary N) is 4.